The highest BCUT2D eigenvalue weighted by molar-refractivity contribution is 5.85. The molecule has 1 rings (SSSR count). The van der Waals surface area contributed by atoms with E-state index in [2.05, 4.69) is 10.6 Å². The van der Waals surface area contributed by atoms with E-state index >= 15 is 0 Å². The molecule has 1 aromatic rings. The van der Waals surface area contributed by atoms with Gasteiger partial charge in [0, 0.05) is 13.5 Å². The summed E-state index contributed by atoms with van der Waals surface area (Å²) in [4.78, 5) is 24.2. The van der Waals surface area contributed by atoms with Crippen LogP contribution in [0, 0.1) is 6.92 Å². The molecule has 0 aliphatic heterocycles. The Morgan fingerprint density at radius 1 is 1.26 bits per heavy atom. The van der Waals surface area contributed by atoms with Gasteiger partial charge in [-0.2, -0.15) is 0 Å². The average Bonchev–Trinajstić information content (AvgIpc) is 2.42. The Balaban J connectivity index is 2.80. The Morgan fingerprint density at radius 3 is 2.52 bits per heavy atom. The van der Waals surface area contributed by atoms with Gasteiger partial charge >= 0.3 is 6.09 Å². The van der Waals surface area contributed by atoms with E-state index in [1.54, 1.807) is 20.8 Å². The largest absolute Gasteiger partial charge is 0.444 e. The number of nitrogens with one attached hydrogen (secondary N) is 2. The number of amides is 2. The van der Waals surface area contributed by atoms with Crippen LogP contribution < -0.4 is 10.6 Å². The molecular weight excluding hydrogens is 296 g/mol. The fraction of sp³-hybridized carbons (Fsp3) is 0.529. The zero-order valence-corrected chi connectivity index (χ0v) is 14.4. The van der Waals surface area contributed by atoms with Crippen LogP contribution in [0.2, 0.25) is 0 Å². The van der Waals surface area contributed by atoms with E-state index in [4.69, 9.17) is 9.47 Å². The van der Waals surface area contributed by atoms with Crippen LogP contribution in [-0.2, 0) is 20.7 Å². The molecule has 0 aromatic heterocycles. The summed E-state index contributed by atoms with van der Waals surface area (Å²) in [5.41, 5.74) is 1.43. The molecule has 0 saturated heterocycles. The number of carbonyl (C=O) groups excluding carboxylic acids is 2. The molecule has 128 valence electrons. The Labute approximate surface area is 137 Å². The molecule has 0 radical (unpaired) electrons. The summed E-state index contributed by atoms with van der Waals surface area (Å²) < 4.78 is 10.1. The zero-order valence-electron chi connectivity index (χ0n) is 14.4. The molecule has 0 aliphatic carbocycles. The molecule has 0 heterocycles. The topological polar surface area (TPSA) is 76.7 Å². The Bertz CT molecular complexity index is 538. The van der Waals surface area contributed by atoms with Gasteiger partial charge in [0.2, 0.25) is 5.91 Å². The lowest BCUT2D eigenvalue weighted by molar-refractivity contribution is -0.124. The molecule has 6 heteroatoms. The third kappa shape index (κ3) is 7.65. The summed E-state index contributed by atoms with van der Waals surface area (Å²) in [5.74, 6) is -0.320. The van der Waals surface area contributed by atoms with Crippen LogP contribution in [0.4, 0.5) is 4.79 Å². The smallest absolute Gasteiger partial charge is 0.408 e. The molecule has 0 spiro atoms. The number of aryl methyl sites for hydroxylation is 1. The van der Waals surface area contributed by atoms with Gasteiger partial charge in [0.25, 0.3) is 0 Å². The summed E-state index contributed by atoms with van der Waals surface area (Å²) in [6.45, 7) is 7.37. The van der Waals surface area contributed by atoms with Gasteiger partial charge in [-0.3, -0.25) is 4.79 Å². The molecule has 2 N–H and O–H groups in total. The van der Waals surface area contributed by atoms with Crippen LogP contribution in [-0.4, -0.2) is 37.5 Å². The Hall–Kier alpha value is -2.08. The summed E-state index contributed by atoms with van der Waals surface area (Å²) in [5, 5.41) is 5.23. The molecule has 1 aromatic carbocycles. The van der Waals surface area contributed by atoms with E-state index in [0.29, 0.717) is 6.42 Å². The van der Waals surface area contributed by atoms with Crippen LogP contribution >= 0.6 is 0 Å². The van der Waals surface area contributed by atoms with Crippen LogP contribution in [0.1, 0.15) is 31.9 Å². The molecule has 6 nitrogen and oxygen atoms in total. The van der Waals surface area contributed by atoms with Crippen LogP contribution in [0.15, 0.2) is 24.3 Å². The van der Waals surface area contributed by atoms with E-state index in [1.807, 2.05) is 31.2 Å². The summed E-state index contributed by atoms with van der Waals surface area (Å²) in [7, 11) is 1.48. The van der Waals surface area contributed by atoms with Crippen molar-refractivity contribution in [2.75, 3.05) is 13.8 Å². The normalized spacial score (nSPS) is 12.4. The van der Waals surface area contributed by atoms with Crippen molar-refractivity contribution in [1.29, 1.82) is 0 Å². The first-order chi connectivity index (χ1) is 10.7. The highest BCUT2D eigenvalue weighted by atomic mass is 16.6. The third-order valence-corrected chi connectivity index (χ3v) is 2.92. The summed E-state index contributed by atoms with van der Waals surface area (Å²) in [6, 6.07) is 7.06. The molecule has 0 bridgehead atoms. The number of methoxy groups -OCH3 is 1. The van der Waals surface area contributed by atoms with Crippen molar-refractivity contribution in [2.45, 2.75) is 45.8 Å². The maximum absolute atomic E-state index is 12.2. The van der Waals surface area contributed by atoms with E-state index in [9.17, 15) is 9.59 Å². The number of ether oxygens (including phenoxy) is 2. The van der Waals surface area contributed by atoms with Gasteiger partial charge in [-0.15, -0.1) is 0 Å². The minimum atomic E-state index is -0.734. The first kappa shape index (κ1) is 19.0. The lowest BCUT2D eigenvalue weighted by atomic mass is 10.0. The molecule has 0 fully saturated rings. The lowest BCUT2D eigenvalue weighted by Gasteiger charge is -2.23. The Morgan fingerprint density at radius 2 is 1.96 bits per heavy atom. The second kappa shape index (κ2) is 8.53. The molecule has 1 atom stereocenters. The van der Waals surface area contributed by atoms with Crippen molar-refractivity contribution in [2.24, 2.45) is 0 Å². The van der Waals surface area contributed by atoms with Crippen molar-refractivity contribution in [3.63, 3.8) is 0 Å². The van der Waals surface area contributed by atoms with E-state index in [-0.39, 0.29) is 12.6 Å². The predicted octanol–water partition coefficient (Wildman–Crippen LogP) is 2.15. The molecule has 23 heavy (non-hydrogen) atoms. The van der Waals surface area contributed by atoms with E-state index < -0.39 is 17.7 Å². The molecule has 0 aliphatic rings. The number of carbonyl (C=O) groups is 2. The minimum Gasteiger partial charge on any atom is -0.444 e. The molecule has 0 unspecified atom stereocenters. The number of hydrogen-bond acceptors (Lipinski definition) is 4. The van der Waals surface area contributed by atoms with Crippen molar-refractivity contribution < 1.29 is 19.1 Å². The van der Waals surface area contributed by atoms with Gasteiger partial charge in [0.05, 0.1) is 0 Å². The van der Waals surface area contributed by atoms with Gasteiger partial charge in [-0.05, 0) is 33.3 Å². The van der Waals surface area contributed by atoms with Gasteiger partial charge < -0.3 is 20.1 Å². The average molecular weight is 322 g/mol. The second-order valence-corrected chi connectivity index (χ2v) is 6.37. The first-order valence-corrected chi connectivity index (χ1v) is 7.53. The van der Waals surface area contributed by atoms with Crippen LogP contribution in [0.25, 0.3) is 0 Å². The highest BCUT2D eigenvalue weighted by Crippen LogP contribution is 2.10. The van der Waals surface area contributed by atoms with Crippen LogP contribution in [0.3, 0.4) is 0 Å². The number of rotatable bonds is 6. The first-order valence-electron chi connectivity index (χ1n) is 7.53. The second-order valence-electron chi connectivity index (χ2n) is 6.37. The Kier molecular flexibility index (Phi) is 7.03. The van der Waals surface area contributed by atoms with Gasteiger partial charge in [-0.1, -0.05) is 29.8 Å². The quantitative estimate of drug-likeness (QED) is 0.787. The van der Waals surface area contributed by atoms with Gasteiger partial charge in [0.1, 0.15) is 18.4 Å². The van der Waals surface area contributed by atoms with Crippen molar-refractivity contribution in [3.05, 3.63) is 35.4 Å². The lowest BCUT2D eigenvalue weighted by Crippen LogP contribution is -2.49. The molecule has 0 saturated carbocycles. The number of alkyl carbamates (subject to hydrolysis) is 1. The predicted molar refractivity (Wildman–Crippen MR) is 88.1 cm³/mol. The highest BCUT2D eigenvalue weighted by Gasteiger charge is 2.24. The van der Waals surface area contributed by atoms with Crippen molar-refractivity contribution in [3.8, 4) is 0 Å². The van der Waals surface area contributed by atoms with Crippen molar-refractivity contribution >= 4 is 12.0 Å². The van der Waals surface area contributed by atoms with Gasteiger partial charge in [0.15, 0.2) is 0 Å². The maximum Gasteiger partial charge on any atom is 0.408 e. The number of hydrogen-bond donors (Lipinski definition) is 2. The van der Waals surface area contributed by atoms with E-state index in [0.717, 1.165) is 11.1 Å². The fourth-order valence-electron chi connectivity index (χ4n) is 2.00. The van der Waals surface area contributed by atoms with Crippen LogP contribution in [0.5, 0.6) is 0 Å². The monoisotopic (exact) mass is 322 g/mol. The fourth-order valence-corrected chi connectivity index (χ4v) is 2.00. The molecular formula is C17H26N2O4. The molecule has 2 amide bonds. The summed E-state index contributed by atoms with van der Waals surface area (Å²) in [6.07, 6.45) is -0.251. The van der Waals surface area contributed by atoms with Gasteiger partial charge in [-0.25, -0.2) is 4.79 Å². The summed E-state index contributed by atoms with van der Waals surface area (Å²) >= 11 is 0. The van der Waals surface area contributed by atoms with E-state index in [1.165, 1.54) is 7.11 Å². The van der Waals surface area contributed by atoms with Crippen molar-refractivity contribution in [1.82, 2.24) is 10.6 Å². The minimum absolute atomic E-state index is 0.0825. The SMILES string of the molecule is COCNC(=O)[C@@H](Cc1cccc(C)c1)NC(=O)OC(C)(C)C. The third-order valence-electron chi connectivity index (χ3n) is 2.92. The number of benzene rings is 1. The zero-order chi connectivity index (χ0) is 17.5. The standard InChI is InChI=1S/C17H26N2O4/c1-12-7-6-8-13(9-12)10-14(15(20)18-11-22-5)19-16(21)23-17(2,3)4/h6-9,14H,10-11H2,1-5H3,(H,18,20)(H,19,21)/t14-/m1/s1. The maximum atomic E-state index is 12.2.